The number of rotatable bonds is 6. The monoisotopic (exact) mass is 516 g/mol. The zero-order valence-corrected chi connectivity index (χ0v) is 20.6. The molecule has 186 valence electrons. The van der Waals surface area contributed by atoms with E-state index in [2.05, 4.69) is 11.1 Å². The molecule has 2 heterocycles. The van der Waals surface area contributed by atoms with Gasteiger partial charge in [0.1, 0.15) is 23.0 Å². The van der Waals surface area contributed by atoms with Crippen LogP contribution in [-0.2, 0) is 19.1 Å². The van der Waals surface area contributed by atoms with E-state index in [0.717, 1.165) is 0 Å². The molecule has 0 amide bonds. The first-order chi connectivity index (χ1) is 17.9. The molecule has 1 aromatic heterocycles. The highest BCUT2D eigenvalue weighted by atomic mass is 35.5. The van der Waals surface area contributed by atoms with E-state index in [4.69, 9.17) is 31.5 Å². The van der Waals surface area contributed by atoms with Crippen molar-refractivity contribution in [2.24, 2.45) is 5.73 Å². The van der Waals surface area contributed by atoms with E-state index >= 15 is 0 Å². The van der Waals surface area contributed by atoms with Crippen molar-refractivity contribution in [2.75, 3.05) is 19.1 Å². The number of ether oxygens (including phenoxy) is 3. The van der Waals surface area contributed by atoms with Crippen molar-refractivity contribution in [3.8, 4) is 17.6 Å². The molecule has 0 saturated heterocycles. The van der Waals surface area contributed by atoms with Crippen molar-refractivity contribution in [1.29, 1.82) is 5.26 Å². The first kappa shape index (κ1) is 25.3. The normalized spacial score (nSPS) is 15.2. The van der Waals surface area contributed by atoms with Crippen LogP contribution in [0.4, 0.5) is 5.69 Å². The third-order valence-corrected chi connectivity index (χ3v) is 5.94. The van der Waals surface area contributed by atoms with E-state index in [-0.39, 0.29) is 33.4 Å². The minimum atomic E-state index is -0.976. The maximum Gasteiger partial charge on any atom is 0.355 e. The Balaban J connectivity index is 1.93. The van der Waals surface area contributed by atoms with E-state index in [1.165, 1.54) is 31.4 Å². The number of carbonyl (C=O) groups excluding carboxylic acids is 2. The van der Waals surface area contributed by atoms with Crippen LogP contribution in [0.5, 0.6) is 11.5 Å². The second-order valence-corrected chi connectivity index (χ2v) is 8.15. The lowest BCUT2D eigenvalue weighted by molar-refractivity contribution is -0.139. The molecular weight excluding hydrogens is 496 g/mol. The Kier molecular flexibility index (Phi) is 7.41. The number of hydrogen-bond acceptors (Lipinski definition) is 9. The van der Waals surface area contributed by atoms with Gasteiger partial charge in [0.05, 0.1) is 54.3 Å². The number of halogens is 1. The molecule has 0 saturated carbocycles. The molecule has 2 aromatic carbocycles. The van der Waals surface area contributed by atoms with E-state index in [1.54, 1.807) is 60.8 Å². The van der Waals surface area contributed by atoms with Gasteiger partial charge in [-0.15, -0.1) is 0 Å². The molecule has 1 aliphatic rings. The lowest BCUT2D eigenvalue weighted by Gasteiger charge is -2.36. The molecule has 9 nitrogen and oxygen atoms in total. The summed E-state index contributed by atoms with van der Waals surface area (Å²) in [6.07, 6.45) is 3.15. The summed E-state index contributed by atoms with van der Waals surface area (Å²) < 4.78 is 15.8. The highest BCUT2D eigenvalue weighted by Gasteiger charge is 2.43. The zero-order chi connectivity index (χ0) is 26.5. The largest absolute Gasteiger partial charge is 0.466 e. The van der Waals surface area contributed by atoms with E-state index < -0.39 is 17.9 Å². The quantitative estimate of drug-likeness (QED) is 0.473. The van der Waals surface area contributed by atoms with Gasteiger partial charge < -0.3 is 19.9 Å². The Morgan fingerprint density at radius 1 is 1.03 bits per heavy atom. The van der Waals surface area contributed by atoms with Gasteiger partial charge >= 0.3 is 11.9 Å². The molecule has 0 bridgehead atoms. The van der Waals surface area contributed by atoms with Gasteiger partial charge in [0.25, 0.3) is 0 Å². The van der Waals surface area contributed by atoms with Gasteiger partial charge in [0.2, 0.25) is 0 Å². The Labute approximate surface area is 217 Å². The molecule has 0 fully saturated rings. The smallest absolute Gasteiger partial charge is 0.355 e. The van der Waals surface area contributed by atoms with Crippen LogP contribution in [0.2, 0.25) is 5.02 Å². The van der Waals surface area contributed by atoms with Crippen LogP contribution in [0.25, 0.3) is 0 Å². The van der Waals surface area contributed by atoms with Crippen LogP contribution in [0, 0.1) is 11.3 Å². The number of anilines is 1. The fraction of sp³-hybridized carbons (Fsp3) is 0.111. The number of esters is 2. The Hall–Kier alpha value is -4.81. The maximum absolute atomic E-state index is 13.2. The van der Waals surface area contributed by atoms with Crippen molar-refractivity contribution >= 4 is 29.2 Å². The minimum Gasteiger partial charge on any atom is -0.466 e. The SMILES string of the molecule is COC(=O)C1=C(C(=O)OC)N(c2ccc(Oc3cccnc3)cc2Cl)C(N)=C(C#N)C1c1ccccc1. The van der Waals surface area contributed by atoms with Gasteiger partial charge in [0, 0.05) is 12.3 Å². The summed E-state index contributed by atoms with van der Waals surface area (Å²) in [6, 6.07) is 18.9. The number of nitrogens with zero attached hydrogens (tertiary/aromatic N) is 3. The van der Waals surface area contributed by atoms with Crippen LogP contribution in [0.1, 0.15) is 11.5 Å². The zero-order valence-electron chi connectivity index (χ0n) is 19.8. The summed E-state index contributed by atoms with van der Waals surface area (Å²) in [5.41, 5.74) is 6.99. The number of benzene rings is 2. The minimum absolute atomic E-state index is 0.0333. The molecular formula is C27H21ClN4O5. The molecule has 1 aliphatic heterocycles. The van der Waals surface area contributed by atoms with Gasteiger partial charge in [-0.1, -0.05) is 41.9 Å². The molecule has 10 heteroatoms. The fourth-order valence-corrected chi connectivity index (χ4v) is 4.29. The predicted molar refractivity (Wildman–Crippen MR) is 135 cm³/mol. The molecule has 4 rings (SSSR count). The molecule has 0 aliphatic carbocycles. The Morgan fingerprint density at radius 2 is 1.76 bits per heavy atom. The Bertz CT molecular complexity index is 1450. The molecule has 3 aromatic rings. The second kappa shape index (κ2) is 10.8. The number of aromatic nitrogens is 1. The molecule has 0 spiro atoms. The van der Waals surface area contributed by atoms with Crippen LogP contribution in [0.15, 0.2) is 95.7 Å². The number of hydrogen-bond donors (Lipinski definition) is 1. The number of methoxy groups -OCH3 is 2. The first-order valence-electron chi connectivity index (χ1n) is 10.9. The second-order valence-electron chi connectivity index (χ2n) is 7.74. The molecule has 37 heavy (non-hydrogen) atoms. The summed E-state index contributed by atoms with van der Waals surface area (Å²) in [5.74, 6) is -1.88. The number of nitrogens with two attached hydrogens (primary N) is 1. The summed E-state index contributed by atoms with van der Waals surface area (Å²) in [4.78, 5) is 31.5. The van der Waals surface area contributed by atoms with E-state index in [1.807, 2.05) is 0 Å². The van der Waals surface area contributed by atoms with E-state index in [0.29, 0.717) is 17.1 Å². The number of nitriles is 1. The van der Waals surface area contributed by atoms with Crippen LogP contribution in [0.3, 0.4) is 0 Å². The lowest BCUT2D eigenvalue weighted by atomic mass is 9.81. The van der Waals surface area contributed by atoms with Crippen molar-refractivity contribution in [3.63, 3.8) is 0 Å². The third-order valence-electron chi connectivity index (χ3n) is 5.64. The van der Waals surface area contributed by atoms with Gasteiger partial charge in [-0.3, -0.25) is 9.88 Å². The molecule has 2 N–H and O–H groups in total. The van der Waals surface area contributed by atoms with E-state index in [9.17, 15) is 14.9 Å². The lowest BCUT2D eigenvalue weighted by Crippen LogP contribution is -2.40. The molecule has 1 atom stereocenters. The number of carbonyl (C=O) groups is 2. The predicted octanol–water partition coefficient (Wildman–Crippen LogP) is 4.43. The standard InChI is InChI=1S/C27H21ClN4O5/c1-35-26(33)23-22(16-7-4-3-5-8-16)19(14-29)25(30)32(24(23)27(34)36-2)21-11-10-17(13-20(21)28)37-18-9-6-12-31-15-18/h3-13,15,22H,30H2,1-2H3. The van der Waals surface area contributed by atoms with Crippen LogP contribution < -0.4 is 15.4 Å². The first-order valence-corrected chi connectivity index (χ1v) is 11.3. The highest BCUT2D eigenvalue weighted by Crippen LogP contribution is 2.45. The van der Waals surface area contributed by atoms with Crippen molar-refractivity contribution in [2.45, 2.75) is 5.92 Å². The van der Waals surface area contributed by atoms with Gasteiger partial charge in [-0.05, 0) is 29.8 Å². The summed E-state index contributed by atoms with van der Waals surface area (Å²) >= 11 is 6.62. The topological polar surface area (TPSA) is 128 Å². The summed E-state index contributed by atoms with van der Waals surface area (Å²) in [6.45, 7) is 0. The molecule has 1 unspecified atom stereocenters. The van der Waals surface area contributed by atoms with Crippen molar-refractivity contribution in [3.05, 3.63) is 106 Å². The highest BCUT2D eigenvalue weighted by molar-refractivity contribution is 6.33. The Morgan fingerprint density at radius 3 is 2.35 bits per heavy atom. The molecule has 0 radical (unpaired) electrons. The summed E-state index contributed by atoms with van der Waals surface area (Å²) in [7, 11) is 2.36. The van der Waals surface area contributed by atoms with Crippen LogP contribution in [-0.4, -0.2) is 31.1 Å². The van der Waals surface area contributed by atoms with Crippen LogP contribution >= 0.6 is 11.6 Å². The van der Waals surface area contributed by atoms with Gasteiger partial charge in [-0.25, -0.2) is 9.59 Å². The fourth-order valence-electron chi connectivity index (χ4n) is 4.04. The third kappa shape index (κ3) is 4.83. The average molecular weight is 517 g/mol. The van der Waals surface area contributed by atoms with Gasteiger partial charge in [-0.2, -0.15) is 5.26 Å². The number of pyridine rings is 1. The van der Waals surface area contributed by atoms with Crippen molar-refractivity contribution < 1.29 is 23.8 Å². The maximum atomic E-state index is 13.2. The average Bonchev–Trinajstić information content (AvgIpc) is 2.93. The van der Waals surface area contributed by atoms with Gasteiger partial charge in [0.15, 0.2) is 0 Å². The number of allylic oxidation sites excluding steroid dienone is 1. The summed E-state index contributed by atoms with van der Waals surface area (Å²) in [5, 5.41) is 10.3. The van der Waals surface area contributed by atoms with Crippen molar-refractivity contribution in [1.82, 2.24) is 4.98 Å².